The van der Waals surface area contributed by atoms with Crippen LogP contribution in [0.25, 0.3) is 10.8 Å². The molecule has 54 heavy (non-hydrogen) atoms. The van der Waals surface area contributed by atoms with Crippen LogP contribution >= 0.6 is 0 Å². The highest BCUT2D eigenvalue weighted by molar-refractivity contribution is 7.98. The highest BCUT2D eigenvalue weighted by Gasteiger charge is 2.49. The third-order valence-corrected chi connectivity index (χ3v) is 18.5. The summed E-state index contributed by atoms with van der Waals surface area (Å²) in [6.07, 6.45) is 1.59. The Morgan fingerprint density at radius 2 is 1.20 bits per heavy atom. The predicted molar refractivity (Wildman–Crippen MR) is 232 cm³/mol. The molecule has 3 aromatic rings. The van der Waals surface area contributed by atoms with Gasteiger partial charge in [-0.2, -0.15) is 4.31 Å². The lowest BCUT2D eigenvalue weighted by atomic mass is 9.85. The van der Waals surface area contributed by atoms with Gasteiger partial charge < -0.3 is 4.90 Å². The number of fused-ring (bicyclic) bond motifs is 1. The molecular weight excluding hydrogens is 733 g/mol. The van der Waals surface area contributed by atoms with E-state index in [0.29, 0.717) is 19.5 Å². The number of carbonyl (C=O) groups is 3. The summed E-state index contributed by atoms with van der Waals surface area (Å²) >= 11 is 0. The lowest BCUT2D eigenvalue weighted by Gasteiger charge is -2.34. The first kappa shape index (κ1) is 44.1. The fourth-order valence-electron chi connectivity index (χ4n) is 7.61. The van der Waals surface area contributed by atoms with E-state index in [-0.39, 0.29) is 66.3 Å². The maximum atomic E-state index is 13.8. The molecule has 0 saturated carbocycles. The molecule has 296 valence electrons. The number of hydrogen-bond acceptors (Lipinski definition) is 5. The number of carbonyl (C=O) groups excluding carboxylic acids is 3. The molecule has 0 N–H and O–H groups in total. The van der Waals surface area contributed by atoms with Crippen LogP contribution < -0.4 is 0 Å². The normalized spacial score (nSPS) is 17.8. The molecule has 3 aromatic carbocycles. The topological polar surface area (TPSA) is 91.8 Å². The van der Waals surface area contributed by atoms with Crippen molar-refractivity contribution in [3.63, 3.8) is 0 Å². The van der Waals surface area contributed by atoms with Crippen LogP contribution in [0.2, 0.25) is 0 Å². The molecule has 2 unspecified atom stereocenters. The quantitative estimate of drug-likeness (QED) is 0.154. The molecule has 1 amide bonds. The molecule has 2 aliphatic rings. The van der Waals surface area contributed by atoms with Crippen LogP contribution in [0.1, 0.15) is 100 Å². The first-order valence-electron chi connectivity index (χ1n) is 19.5. The van der Waals surface area contributed by atoms with Crippen molar-refractivity contribution in [2.75, 3.05) is 54.9 Å². The first-order valence-corrected chi connectivity index (χ1v) is 24.3. The van der Waals surface area contributed by atoms with E-state index in [4.69, 9.17) is 0 Å². The van der Waals surface area contributed by atoms with Crippen LogP contribution in [0.15, 0.2) is 60.7 Å². The van der Waals surface area contributed by atoms with Gasteiger partial charge in [0.2, 0.25) is 27.5 Å². The van der Waals surface area contributed by atoms with E-state index >= 15 is 0 Å². The summed E-state index contributed by atoms with van der Waals surface area (Å²) in [5, 5.41) is 2.13. The van der Waals surface area contributed by atoms with Gasteiger partial charge in [-0.15, -0.1) is 0 Å². The van der Waals surface area contributed by atoms with Gasteiger partial charge in [-0.3, -0.25) is 14.4 Å². The van der Waals surface area contributed by atoms with Crippen molar-refractivity contribution in [3.8, 4) is 0 Å². The average molecular weight is 797 g/mol. The van der Waals surface area contributed by atoms with Crippen molar-refractivity contribution in [2.45, 2.75) is 92.6 Å². The predicted octanol–water partition coefficient (Wildman–Crippen LogP) is 7.88. The SMILES string of the molecule is CC(=O)N1CC[S+](C(C(=O)c2ccc(C)c3ccccc23)C(C)(C)C)CC1.CCCCS(=O)(=O)N1CC[S+](C(C(=O)c2ccc(C)cc2)C(C)(C)C)CC1. The van der Waals surface area contributed by atoms with Crippen LogP contribution in [0, 0.1) is 24.7 Å². The molecular formula is C44H64N2O5S3+2. The van der Waals surface area contributed by atoms with Crippen LogP contribution in [-0.2, 0) is 36.6 Å². The van der Waals surface area contributed by atoms with Gasteiger partial charge in [0.05, 0.1) is 31.9 Å². The van der Waals surface area contributed by atoms with E-state index in [1.165, 1.54) is 5.56 Å². The minimum absolute atomic E-state index is 0.0114. The summed E-state index contributed by atoms with van der Waals surface area (Å²) < 4.78 is 26.6. The van der Waals surface area contributed by atoms with E-state index in [1.54, 1.807) is 11.2 Å². The van der Waals surface area contributed by atoms with E-state index in [1.807, 2.05) is 61.2 Å². The fourth-order valence-corrected chi connectivity index (χ4v) is 15.5. The van der Waals surface area contributed by atoms with Gasteiger partial charge in [-0.25, -0.2) is 8.42 Å². The fraction of sp³-hybridized carbons (Fsp3) is 0.568. The maximum absolute atomic E-state index is 13.8. The standard InChI is InChI=1S/C23H30NO2S.C21H34NO3S2/c1-16-10-11-20(19-9-7-6-8-18(16)19)21(26)22(23(3,4)5)27-14-12-24(13-15-27)17(2)25;1-6-7-16-27(24,25)22-12-14-26(15-13-22)20(21(3,4)5)19(23)18-10-8-17(2)9-11-18/h6-11,22H,12-15H2,1-5H3;8-11,20H,6-7,12-16H2,1-5H3/q2*+1. The van der Waals surface area contributed by atoms with Gasteiger partial charge in [0.15, 0.2) is 10.5 Å². The number of rotatable bonds is 10. The summed E-state index contributed by atoms with van der Waals surface area (Å²) in [6, 6.07) is 20.1. The van der Waals surface area contributed by atoms with Gasteiger partial charge in [0.25, 0.3) is 0 Å². The number of nitrogens with zero attached hydrogens (tertiary/aromatic N) is 2. The molecule has 2 aliphatic heterocycles. The summed E-state index contributed by atoms with van der Waals surface area (Å²) in [7, 11) is -3.27. The summed E-state index contributed by atoms with van der Waals surface area (Å²) in [5.74, 6) is 4.26. The van der Waals surface area contributed by atoms with Crippen molar-refractivity contribution in [2.24, 2.45) is 10.8 Å². The Labute approximate surface area is 331 Å². The third-order valence-electron chi connectivity index (χ3n) is 10.5. The van der Waals surface area contributed by atoms with Crippen molar-refractivity contribution >= 4 is 60.1 Å². The second kappa shape index (κ2) is 18.5. The van der Waals surface area contributed by atoms with Gasteiger partial charge in [-0.1, -0.05) is 121 Å². The lowest BCUT2D eigenvalue weighted by Crippen LogP contribution is -2.52. The summed E-state index contributed by atoms with van der Waals surface area (Å²) in [5.41, 5.74) is 3.71. The molecule has 0 radical (unpaired) electrons. The van der Waals surface area contributed by atoms with Crippen LogP contribution in [0.3, 0.4) is 0 Å². The highest BCUT2D eigenvalue weighted by Crippen LogP contribution is 2.35. The third kappa shape index (κ3) is 11.0. The molecule has 5 rings (SSSR count). The largest absolute Gasteiger partial charge is 0.334 e. The zero-order chi connectivity index (χ0) is 40.0. The van der Waals surface area contributed by atoms with Crippen LogP contribution in [0.4, 0.5) is 0 Å². The van der Waals surface area contributed by atoms with E-state index in [9.17, 15) is 22.8 Å². The Morgan fingerprint density at radius 3 is 1.70 bits per heavy atom. The monoisotopic (exact) mass is 796 g/mol. The van der Waals surface area contributed by atoms with E-state index in [2.05, 4.69) is 66.7 Å². The van der Waals surface area contributed by atoms with Gasteiger partial charge in [0.1, 0.15) is 23.0 Å². The van der Waals surface area contributed by atoms with Gasteiger partial charge in [0, 0.05) is 50.7 Å². The zero-order valence-electron chi connectivity index (χ0n) is 34.4. The van der Waals surface area contributed by atoms with Crippen LogP contribution in [-0.4, -0.2) is 101 Å². The Kier molecular flexibility index (Phi) is 15.1. The Hall–Kier alpha value is -2.66. The average Bonchev–Trinajstić information content (AvgIpc) is 3.11. The molecule has 2 saturated heterocycles. The van der Waals surface area contributed by atoms with Crippen LogP contribution in [0.5, 0.6) is 0 Å². The maximum Gasteiger partial charge on any atom is 0.219 e. The number of amides is 1. The lowest BCUT2D eigenvalue weighted by molar-refractivity contribution is -0.128. The molecule has 7 nitrogen and oxygen atoms in total. The van der Waals surface area contributed by atoms with E-state index < -0.39 is 10.0 Å². The Bertz CT molecular complexity index is 1860. The second-order valence-corrected chi connectivity index (χ2v) is 23.8. The highest BCUT2D eigenvalue weighted by atomic mass is 32.2. The smallest absolute Gasteiger partial charge is 0.219 e. The molecule has 10 heteroatoms. The second-order valence-electron chi connectivity index (χ2n) is 17.0. The Morgan fingerprint density at radius 1 is 0.704 bits per heavy atom. The minimum Gasteiger partial charge on any atom is -0.334 e. The molecule has 0 bridgehead atoms. The summed E-state index contributed by atoms with van der Waals surface area (Å²) in [6.45, 7) is 23.3. The number of benzene rings is 3. The number of aryl methyl sites for hydroxylation is 2. The number of sulfonamides is 1. The van der Waals surface area contributed by atoms with E-state index in [0.717, 1.165) is 70.0 Å². The molecule has 0 spiro atoms. The molecule has 0 aromatic heterocycles. The van der Waals surface area contributed by atoms with Gasteiger partial charge >= 0.3 is 0 Å². The number of hydrogen-bond donors (Lipinski definition) is 0. The molecule has 2 heterocycles. The number of Topliss-reactive ketones (excluding diaryl/α,β-unsaturated/α-hetero) is 2. The number of unbranched alkanes of at least 4 members (excludes halogenated alkanes) is 1. The minimum atomic E-state index is -3.15. The van der Waals surface area contributed by atoms with Crippen molar-refractivity contribution in [3.05, 3.63) is 82.9 Å². The Balaban J connectivity index is 0.000000241. The van der Waals surface area contributed by atoms with Gasteiger partial charge in [-0.05, 0) is 36.6 Å². The molecule has 2 fully saturated rings. The van der Waals surface area contributed by atoms with Crippen molar-refractivity contribution in [1.82, 2.24) is 9.21 Å². The van der Waals surface area contributed by atoms with Crippen molar-refractivity contribution in [1.29, 1.82) is 0 Å². The zero-order valence-corrected chi connectivity index (χ0v) is 36.8. The van der Waals surface area contributed by atoms with Crippen molar-refractivity contribution < 1.29 is 22.8 Å². The molecule has 0 aliphatic carbocycles. The molecule has 2 atom stereocenters. The summed E-state index contributed by atoms with van der Waals surface area (Å²) in [4.78, 5) is 40.6. The first-order chi connectivity index (χ1) is 25.3. The number of ketones is 2.